The number of unbranched alkanes of at least 4 members (excludes halogenated alkanes) is 1. The molecule has 0 atom stereocenters. The van der Waals surface area contributed by atoms with Crippen LogP contribution >= 0.6 is 0 Å². The highest BCUT2D eigenvalue weighted by Gasteiger charge is 2.27. The van der Waals surface area contributed by atoms with Crippen molar-refractivity contribution in [1.82, 2.24) is 3.97 Å². The molecular weight excluding hydrogens is 430 g/mol. The van der Waals surface area contributed by atoms with E-state index in [-0.39, 0.29) is 10.7 Å². The molecule has 33 heavy (non-hydrogen) atoms. The van der Waals surface area contributed by atoms with Crippen molar-refractivity contribution in [3.05, 3.63) is 90.1 Å². The minimum atomic E-state index is -3.86. The highest BCUT2D eigenvalue weighted by atomic mass is 32.2. The number of hydrogen-bond donors (Lipinski definition) is 0. The number of para-hydroxylation sites is 1. The number of carbonyl (C=O) groups is 1. The Hall–Kier alpha value is -3.18. The lowest BCUT2D eigenvalue weighted by Crippen LogP contribution is -2.17. The molecule has 0 bridgehead atoms. The van der Waals surface area contributed by atoms with Gasteiger partial charge in [-0.1, -0.05) is 79.6 Å². The van der Waals surface area contributed by atoms with Gasteiger partial charge in [0.05, 0.1) is 10.4 Å². The van der Waals surface area contributed by atoms with Crippen molar-refractivity contribution in [3.63, 3.8) is 0 Å². The number of rotatable bonds is 9. The Bertz CT molecular complexity index is 1370. The predicted molar refractivity (Wildman–Crippen MR) is 134 cm³/mol. The molecule has 0 spiro atoms. The zero-order valence-corrected chi connectivity index (χ0v) is 19.9. The number of hydrogen-bond acceptors (Lipinski definition) is 3. The first kappa shape index (κ1) is 23.0. The standard InChI is InChI=1S/C28H29NO3S/c1-3-4-12-23(30)17-20-27-28(22-10-6-5-7-11-22)25-13-8-9-14-26(25)29(27)33(31,32)24-18-15-21(2)16-19-24/h5-11,13-16,18-19H,3-4,12,17,20H2,1-2H3. The van der Waals surface area contributed by atoms with E-state index in [4.69, 9.17) is 0 Å². The molecule has 0 saturated carbocycles. The van der Waals surface area contributed by atoms with E-state index in [9.17, 15) is 13.2 Å². The summed E-state index contributed by atoms with van der Waals surface area (Å²) in [5.41, 5.74) is 4.12. The van der Waals surface area contributed by atoms with Crippen LogP contribution in [0.1, 0.15) is 43.9 Å². The number of ketones is 1. The number of carbonyl (C=O) groups excluding carboxylic acids is 1. The molecule has 3 aromatic carbocycles. The molecule has 0 aliphatic carbocycles. The Kier molecular flexibility index (Phi) is 6.80. The summed E-state index contributed by atoms with van der Waals surface area (Å²) in [5, 5.41) is 0.871. The molecule has 0 radical (unpaired) electrons. The Labute approximate surface area is 195 Å². The fourth-order valence-corrected chi connectivity index (χ4v) is 5.85. The number of fused-ring (bicyclic) bond motifs is 1. The van der Waals surface area contributed by atoms with E-state index in [0.717, 1.165) is 34.9 Å². The zero-order valence-electron chi connectivity index (χ0n) is 19.1. The zero-order chi connectivity index (χ0) is 23.4. The fourth-order valence-electron chi connectivity index (χ4n) is 4.26. The molecule has 0 unspecified atom stereocenters. The van der Waals surface area contributed by atoms with Crippen molar-refractivity contribution >= 4 is 26.7 Å². The van der Waals surface area contributed by atoms with Crippen LogP contribution in [0.3, 0.4) is 0 Å². The second kappa shape index (κ2) is 9.75. The monoisotopic (exact) mass is 459 g/mol. The van der Waals surface area contributed by atoms with Gasteiger partial charge in [0, 0.05) is 29.5 Å². The number of Topliss-reactive ketones (excluding diaryl/α,β-unsaturated/α-hetero) is 1. The molecule has 0 N–H and O–H groups in total. The third kappa shape index (κ3) is 4.64. The van der Waals surface area contributed by atoms with Gasteiger partial charge in [0.25, 0.3) is 10.0 Å². The molecule has 4 nitrogen and oxygen atoms in total. The maximum Gasteiger partial charge on any atom is 0.268 e. The van der Waals surface area contributed by atoms with Crippen LogP contribution in [0.25, 0.3) is 22.0 Å². The number of aromatic nitrogens is 1. The van der Waals surface area contributed by atoms with Crippen LogP contribution in [0.4, 0.5) is 0 Å². The van der Waals surface area contributed by atoms with Crippen LogP contribution in [-0.4, -0.2) is 18.2 Å². The van der Waals surface area contributed by atoms with Crippen LogP contribution in [0.2, 0.25) is 0 Å². The predicted octanol–water partition coefficient (Wildman–Crippen LogP) is 6.55. The Morgan fingerprint density at radius 1 is 0.848 bits per heavy atom. The van der Waals surface area contributed by atoms with Crippen molar-refractivity contribution in [2.45, 2.75) is 50.8 Å². The second-order valence-corrected chi connectivity index (χ2v) is 10.2. The average Bonchev–Trinajstić information content (AvgIpc) is 3.17. The van der Waals surface area contributed by atoms with Crippen LogP contribution < -0.4 is 0 Å². The number of nitrogens with zero attached hydrogens (tertiary/aromatic N) is 1. The third-order valence-electron chi connectivity index (χ3n) is 6.00. The summed E-state index contributed by atoms with van der Waals surface area (Å²) in [6.07, 6.45) is 3.03. The van der Waals surface area contributed by atoms with Crippen molar-refractivity contribution in [2.75, 3.05) is 0 Å². The molecule has 0 aliphatic rings. The van der Waals surface area contributed by atoms with E-state index in [0.29, 0.717) is 30.5 Å². The summed E-state index contributed by atoms with van der Waals surface area (Å²) >= 11 is 0. The molecule has 170 valence electrons. The molecule has 5 heteroatoms. The quantitative estimate of drug-likeness (QED) is 0.285. The van der Waals surface area contributed by atoms with E-state index in [2.05, 4.69) is 6.92 Å². The van der Waals surface area contributed by atoms with E-state index in [1.165, 1.54) is 3.97 Å². The van der Waals surface area contributed by atoms with Crippen molar-refractivity contribution in [2.24, 2.45) is 0 Å². The van der Waals surface area contributed by atoms with Crippen molar-refractivity contribution in [3.8, 4) is 11.1 Å². The van der Waals surface area contributed by atoms with E-state index in [1.807, 2.05) is 73.7 Å². The van der Waals surface area contributed by atoms with Gasteiger partial charge in [-0.3, -0.25) is 4.79 Å². The van der Waals surface area contributed by atoms with Gasteiger partial charge in [-0.05, 0) is 43.5 Å². The summed E-state index contributed by atoms with van der Waals surface area (Å²) in [6, 6.07) is 24.3. The average molecular weight is 460 g/mol. The maximum atomic E-state index is 13.9. The first-order valence-corrected chi connectivity index (χ1v) is 12.9. The highest BCUT2D eigenvalue weighted by molar-refractivity contribution is 7.90. The molecule has 1 heterocycles. The first-order valence-electron chi connectivity index (χ1n) is 11.4. The topological polar surface area (TPSA) is 56.1 Å². The molecule has 0 fully saturated rings. The lowest BCUT2D eigenvalue weighted by molar-refractivity contribution is -0.119. The van der Waals surface area contributed by atoms with Gasteiger partial charge < -0.3 is 0 Å². The second-order valence-electron chi connectivity index (χ2n) is 8.43. The minimum Gasteiger partial charge on any atom is -0.300 e. The molecule has 4 aromatic rings. The Balaban J connectivity index is 1.95. The van der Waals surface area contributed by atoms with Gasteiger partial charge in [0.2, 0.25) is 0 Å². The maximum absolute atomic E-state index is 13.9. The normalized spacial score (nSPS) is 11.7. The molecule has 4 rings (SSSR count). The smallest absolute Gasteiger partial charge is 0.268 e. The molecule has 0 aliphatic heterocycles. The Morgan fingerprint density at radius 3 is 2.21 bits per heavy atom. The van der Waals surface area contributed by atoms with Gasteiger partial charge in [-0.15, -0.1) is 0 Å². The Morgan fingerprint density at radius 2 is 1.52 bits per heavy atom. The SMILES string of the molecule is CCCCC(=O)CCc1c(-c2ccccc2)c2ccccc2n1S(=O)(=O)c1ccc(C)cc1. The first-order chi connectivity index (χ1) is 15.9. The van der Waals surface area contributed by atoms with Gasteiger partial charge in [0.15, 0.2) is 0 Å². The van der Waals surface area contributed by atoms with Gasteiger partial charge in [-0.2, -0.15) is 0 Å². The van der Waals surface area contributed by atoms with E-state index >= 15 is 0 Å². The van der Waals surface area contributed by atoms with E-state index in [1.54, 1.807) is 12.1 Å². The molecule has 0 amide bonds. The van der Waals surface area contributed by atoms with Crippen LogP contribution in [-0.2, 0) is 21.2 Å². The molecule has 1 aromatic heterocycles. The van der Waals surface area contributed by atoms with Crippen molar-refractivity contribution < 1.29 is 13.2 Å². The van der Waals surface area contributed by atoms with Crippen LogP contribution in [0, 0.1) is 6.92 Å². The number of benzene rings is 3. The minimum absolute atomic E-state index is 0.167. The largest absolute Gasteiger partial charge is 0.300 e. The number of aryl methyl sites for hydroxylation is 1. The molecule has 0 saturated heterocycles. The van der Waals surface area contributed by atoms with E-state index < -0.39 is 10.0 Å². The lowest BCUT2D eigenvalue weighted by Gasteiger charge is -2.14. The van der Waals surface area contributed by atoms with Crippen molar-refractivity contribution in [1.29, 1.82) is 0 Å². The molecular formula is C28H29NO3S. The third-order valence-corrected chi connectivity index (χ3v) is 7.76. The highest BCUT2D eigenvalue weighted by Crippen LogP contribution is 2.38. The fraction of sp³-hybridized carbons (Fsp3) is 0.250. The summed E-state index contributed by atoms with van der Waals surface area (Å²) < 4.78 is 29.3. The van der Waals surface area contributed by atoms with Gasteiger partial charge in [-0.25, -0.2) is 12.4 Å². The summed E-state index contributed by atoms with van der Waals surface area (Å²) in [4.78, 5) is 12.8. The van der Waals surface area contributed by atoms with Crippen LogP contribution in [0.15, 0.2) is 83.8 Å². The van der Waals surface area contributed by atoms with Gasteiger partial charge >= 0.3 is 0 Å². The summed E-state index contributed by atoms with van der Waals surface area (Å²) in [6.45, 7) is 4.00. The van der Waals surface area contributed by atoms with Crippen LogP contribution in [0.5, 0.6) is 0 Å². The summed E-state index contributed by atoms with van der Waals surface area (Å²) in [7, 11) is -3.86. The summed E-state index contributed by atoms with van der Waals surface area (Å²) in [5.74, 6) is 0.167. The van der Waals surface area contributed by atoms with Gasteiger partial charge in [0.1, 0.15) is 5.78 Å². The lowest BCUT2D eigenvalue weighted by atomic mass is 9.99.